The molecule has 2 unspecified atom stereocenters. The van der Waals surface area contributed by atoms with Gasteiger partial charge in [-0.1, -0.05) is 6.42 Å². The highest BCUT2D eigenvalue weighted by Gasteiger charge is 2.30. The molecule has 5 heteroatoms. The predicted molar refractivity (Wildman–Crippen MR) is 61.3 cm³/mol. The maximum atomic E-state index is 10.7. The average molecular weight is 227 g/mol. The fourth-order valence-corrected chi connectivity index (χ4v) is 2.74. The second kappa shape index (κ2) is 5.12. The Hall–Kier alpha value is -0.650. The lowest BCUT2D eigenvalue weighted by Crippen LogP contribution is -2.57. The van der Waals surface area contributed by atoms with Gasteiger partial charge in [0.2, 0.25) is 0 Å². The number of hydrogen-bond donors (Lipinski definition) is 2. The van der Waals surface area contributed by atoms with Crippen molar-refractivity contribution >= 4 is 5.97 Å². The van der Waals surface area contributed by atoms with Crippen molar-refractivity contribution in [2.24, 2.45) is 5.73 Å². The molecule has 0 aromatic carbocycles. The van der Waals surface area contributed by atoms with Gasteiger partial charge < -0.3 is 10.8 Å². The van der Waals surface area contributed by atoms with Gasteiger partial charge in [-0.2, -0.15) is 0 Å². The summed E-state index contributed by atoms with van der Waals surface area (Å²) >= 11 is 0. The standard InChI is InChI=1S/C11H21N3O2/c12-10(11(15)16)8-13-5-6-14-4-2-1-3-9(14)7-13/h9-10H,1-8,12H2,(H,15,16). The summed E-state index contributed by atoms with van der Waals surface area (Å²) in [4.78, 5) is 15.4. The smallest absolute Gasteiger partial charge is 0.321 e. The molecule has 2 aliphatic rings. The Labute approximate surface area is 96.2 Å². The molecule has 2 fully saturated rings. The van der Waals surface area contributed by atoms with Crippen molar-refractivity contribution in [3.05, 3.63) is 0 Å². The summed E-state index contributed by atoms with van der Waals surface area (Å²) in [5.74, 6) is -0.897. The van der Waals surface area contributed by atoms with E-state index in [-0.39, 0.29) is 0 Å². The summed E-state index contributed by atoms with van der Waals surface area (Å²) in [6.45, 7) is 4.71. The third-order valence-electron chi connectivity index (χ3n) is 3.69. The summed E-state index contributed by atoms with van der Waals surface area (Å²) < 4.78 is 0. The molecule has 0 spiro atoms. The van der Waals surface area contributed by atoms with Crippen LogP contribution in [0.4, 0.5) is 0 Å². The molecule has 0 aromatic rings. The number of carboxylic acid groups (broad SMARTS) is 1. The Kier molecular flexibility index (Phi) is 3.78. The Morgan fingerprint density at radius 2 is 2.19 bits per heavy atom. The lowest BCUT2D eigenvalue weighted by atomic mass is 9.99. The van der Waals surface area contributed by atoms with Crippen LogP contribution in [0, 0.1) is 0 Å². The lowest BCUT2D eigenvalue weighted by molar-refractivity contribution is -0.139. The fourth-order valence-electron chi connectivity index (χ4n) is 2.74. The number of nitrogens with zero attached hydrogens (tertiary/aromatic N) is 2. The zero-order valence-electron chi connectivity index (χ0n) is 9.64. The summed E-state index contributed by atoms with van der Waals surface area (Å²) in [6, 6.07) is -0.112. The quantitative estimate of drug-likeness (QED) is 0.684. The minimum Gasteiger partial charge on any atom is -0.480 e. The molecule has 2 aliphatic heterocycles. The van der Waals surface area contributed by atoms with Crippen molar-refractivity contribution in [2.45, 2.75) is 31.3 Å². The van der Waals surface area contributed by atoms with Crippen molar-refractivity contribution < 1.29 is 9.90 Å². The van der Waals surface area contributed by atoms with E-state index >= 15 is 0 Å². The monoisotopic (exact) mass is 227 g/mol. The molecule has 2 rings (SSSR count). The van der Waals surface area contributed by atoms with Crippen molar-refractivity contribution in [2.75, 3.05) is 32.7 Å². The molecule has 0 aliphatic carbocycles. The SMILES string of the molecule is NC(CN1CCN2CCCCC2C1)C(=O)O. The molecule has 0 saturated carbocycles. The van der Waals surface area contributed by atoms with Crippen LogP contribution in [0.2, 0.25) is 0 Å². The van der Waals surface area contributed by atoms with Crippen molar-refractivity contribution in [3.8, 4) is 0 Å². The topological polar surface area (TPSA) is 69.8 Å². The molecular weight excluding hydrogens is 206 g/mol. The molecule has 2 saturated heterocycles. The predicted octanol–water partition coefficient (Wildman–Crippen LogP) is -0.432. The summed E-state index contributed by atoms with van der Waals surface area (Å²) in [5, 5.41) is 8.78. The molecule has 0 bridgehead atoms. The van der Waals surface area contributed by atoms with E-state index < -0.39 is 12.0 Å². The van der Waals surface area contributed by atoms with E-state index in [0.717, 1.165) is 19.6 Å². The Morgan fingerprint density at radius 3 is 2.94 bits per heavy atom. The zero-order chi connectivity index (χ0) is 11.5. The fraction of sp³-hybridized carbons (Fsp3) is 0.909. The Balaban J connectivity index is 1.83. The highest BCUT2D eigenvalue weighted by Crippen LogP contribution is 2.20. The van der Waals surface area contributed by atoms with Crippen LogP contribution in [-0.4, -0.2) is 65.7 Å². The first-order chi connectivity index (χ1) is 7.66. The highest BCUT2D eigenvalue weighted by molar-refractivity contribution is 5.73. The van der Waals surface area contributed by atoms with Crippen molar-refractivity contribution in [1.82, 2.24) is 9.80 Å². The van der Waals surface area contributed by atoms with Gasteiger partial charge in [0.15, 0.2) is 0 Å². The molecule has 0 amide bonds. The van der Waals surface area contributed by atoms with Gasteiger partial charge in [0.1, 0.15) is 6.04 Å². The van der Waals surface area contributed by atoms with Gasteiger partial charge in [-0.25, -0.2) is 0 Å². The van der Waals surface area contributed by atoms with Gasteiger partial charge in [0.25, 0.3) is 0 Å². The second-order valence-corrected chi connectivity index (χ2v) is 4.89. The molecule has 2 atom stereocenters. The van der Waals surface area contributed by atoms with E-state index in [0.29, 0.717) is 12.6 Å². The number of carboxylic acids is 1. The van der Waals surface area contributed by atoms with E-state index in [1.165, 1.54) is 25.8 Å². The van der Waals surface area contributed by atoms with Crippen molar-refractivity contribution in [3.63, 3.8) is 0 Å². The molecule has 5 nitrogen and oxygen atoms in total. The van der Waals surface area contributed by atoms with Gasteiger partial charge in [0.05, 0.1) is 0 Å². The molecule has 0 aromatic heterocycles. The first-order valence-corrected chi connectivity index (χ1v) is 6.11. The molecule has 3 N–H and O–H groups in total. The molecule has 92 valence electrons. The number of piperazine rings is 1. The largest absolute Gasteiger partial charge is 0.480 e. The van der Waals surface area contributed by atoms with E-state index in [1.807, 2.05) is 0 Å². The molecule has 16 heavy (non-hydrogen) atoms. The average Bonchev–Trinajstić information content (AvgIpc) is 2.28. The van der Waals surface area contributed by atoms with Crippen LogP contribution in [0.15, 0.2) is 0 Å². The second-order valence-electron chi connectivity index (χ2n) is 4.89. The minimum atomic E-state index is -0.897. The lowest BCUT2D eigenvalue weighted by Gasteiger charge is -2.44. The molecule has 2 heterocycles. The molecular formula is C11H21N3O2. The Morgan fingerprint density at radius 1 is 1.38 bits per heavy atom. The zero-order valence-corrected chi connectivity index (χ0v) is 9.64. The number of carbonyl (C=O) groups is 1. The van der Waals surface area contributed by atoms with E-state index in [1.54, 1.807) is 0 Å². The third-order valence-corrected chi connectivity index (χ3v) is 3.69. The summed E-state index contributed by atoms with van der Waals surface area (Å²) in [5.41, 5.74) is 5.56. The summed E-state index contributed by atoms with van der Waals surface area (Å²) in [6.07, 6.45) is 3.87. The maximum Gasteiger partial charge on any atom is 0.321 e. The molecule has 0 radical (unpaired) electrons. The minimum absolute atomic E-state index is 0.486. The summed E-state index contributed by atoms with van der Waals surface area (Å²) in [7, 11) is 0. The maximum absolute atomic E-state index is 10.7. The van der Waals surface area contributed by atoms with Crippen LogP contribution in [0.3, 0.4) is 0 Å². The first-order valence-electron chi connectivity index (χ1n) is 6.11. The number of fused-ring (bicyclic) bond motifs is 1. The number of aliphatic carboxylic acids is 1. The van der Waals surface area contributed by atoms with E-state index in [4.69, 9.17) is 10.8 Å². The van der Waals surface area contributed by atoms with Crippen LogP contribution in [-0.2, 0) is 4.79 Å². The van der Waals surface area contributed by atoms with Crippen LogP contribution in [0.25, 0.3) is 0 Å². The van der Waals surface area contributed by atoms with Gasteiger partial charge in [0, 0.05) is 32.2 Å². The first kappa shape index (κ1) is 11.8. The van der Waals surface area contributed by atoms with Gasteiger partial charge in [-0.05, 0) is 19.4 Å². The van der Waals surface area contributed by atoms with Crippen molar-refractivity contribution in [1.29, 1.82) is 0 Å². The van der Waals surface area contributed by atoms with Gasteiger partial charge in [-0.15, -0.1) is 0 Å². The Bertz CT molecular complexity index is 260. The van der Waals surface area contributed by atoms with Crippen LogP contribution >= 0.6 is 0 Å². The number of piperidine rings is 1. The van der Waals surface area contributed by atoms with E-state index in [2.05, 4.69) is 9.80 Å². The number of rotatable bonds is 3. The normalized spacial score (nSPS) is 29.7. The van der Waals surface area contributed by atoms with Crippen LogP contribution < -0.4 is 5.73 Å². The van der Waals surface area contributed by atoms with E-state index in [9.17, 15) is 4.79 Å². The number of hydrogen-bond acceptors (Lipinski definition) is 4. The van der Waals surface area contributed by atoms with Gasteiger partial charge >= 0.3 is 5.97 Å². The van der Waals surface area contributed by atoms with Crippen LogP contribution in [0.1, 0.15) is 19.3 Å². The van der Waals surface area contributed by atoms with Gasteiger partial charge in [-0.3, -0.25) is 14.6 Å². The number of nitrogens with two attached hydrogens (primary N) is 1. The highest BCUT2D eigenvalue weighted by atomic mass is 16.4. The third kappa shape index (κ3) is 2.72. The van der Waals surface area contributed by atoms with Crippen LogP contribution in [0.5, 0.6) is 0 Å².